The second-order valence-corrected chi connectivity index (χ2v) is 5.56. The largest absolute Gasteiger partial charge is 0.305 e. The van der Waals surface area contributed by atoms with Gasteiger partial charge in [-0.05, 0) is 19.1 Å². The standard InChI is InChI=1S/C11H14ClN3S/c1-8(9-5-14-15(2)7-9)13-6-10-3-4-11(12)16-10/h3-5,7-8,13H,6H2,1-2H3. The van der Waals surface area contributed by atoms with Gasteiger partial charge in [-0.3, -0.25) is 4.68 Å². The molecule has 2 aromatic rings. The average Bonchev–Trinajstić information content (AvgIpc) is 2.84. The number of halogens is 1. The molecule has 0 radical (unpaired) electrons. The first-order chi connectivity index (χ1) is 7.65. The quantitative estimate of drug-likeness (QED) is 0.910. The molecule has 1 unspecified atom stereocenters. The van der Waals surface area contributed by atoms with E-state index in [4.69, 9.17) is 11.6 Å². The van der Waals surface area contributed by atoms with Gasteiger partial charge in [0.1, 0.15) is 0 Å². The van der Waals surface area contributed by atoms with Crippen LogP contribution in [0.4, 0.5) is 0 Å². The first-order valence-corrected chi connectivity index (χ1v) is 6.31. The van der Waals surface area contributed by atoms with Crippen LogP contribution >= 0.6 is 22.9 Å². The van der Waals surface area contributed by atoms with Crippen molar-refractivity contribution < 1.29 is 0 Å². The van der Waals surface area contributed by atoms with Crippen molar-refractivity contribution >= 4 is 22.9 Å². The highest BCUT2D eigenvalue weighted by Crippen LogP contribution is 2.22. The summed E-state index contributed by atoms with van der Waals surface area (Å²) in [6.45, 7) is 2.97. The van der Waals surface area contributed by atoms with Crippen molar-refractivity contribution in [3.63, 3.8) is 0 Å². The molecule has 16 heavy (non-hydrogen) atoms. The maximum absolute atomic E-state index is 5.87. The molecule has 0 aromatic carbocycles. The molecular weight excluding hydrogens is 242 g/mol. The van der Waals surface area contributed by atoms with Crippen LogP contribution in [0.3, 0.4) is 0 Å². The Hall–Kier alpha value is -0.840. The molecule has 2 rings (SSSR count). The van der Waals surface area contributed by atoms with E-state index in [1.165, 1.54) is 10.4 Å². The molecule has 3 nitrogen and oxygen atoms in total. The van der Waals surface area contributed by atoms with Gasteiger partial charge in [-0.2, -0.15) is 5.10 Å². The van der Waals surface area contributed by atoms with Gasteiger partial charge in [0.25, 0.3) is 0 Å². The van der Waals surface area contributed by atoms with Crippen LogP contribution < -0.4 is 5.32 Å². The van der Waals surface area contributed by atoms with Gasteiger partial charge in [0.2, 0.25) is 0 Å². The fraction of sp³-hybridized carbons (Fsp3) is 0.364. The van der Waals surface area contributed by atoms with Crippen LogP contribution in [0, 0.1) is 0 Å². The van der Waals surface area contributed by atoms with Crippen molar-refractivity contribution in [3.8, 4) is 0 Å². The maximum atomic E-state index is 5.87. The molecule has 0 aliphatic heterocycles. The number of nitrogens with zero attached hydrogens (tertiary/aromatic N) is 2. The molecule has 1 N–H and O–H groups in total. The minimum absolute atomic E-state index is 0.301. The minimum Gasteiger partial charge on any atom is -0.305 e. The molecule has 0 saturated heterocycles. The van der Waals surface area contributed by atoms with E-state index >= 15 is 0 Å². The first-order valence-electron chi connectivity index (χ1n) is 5.11. The Bertz CT molecular complexity index is 463. The van der Waals surface area contributed by atoms with E-state index in [1.54, 1.807) is 11.3 Å². The Morgan fingerprint density at radius 3 is 2.94 bits per heavy atom. The normalized spacial score (nSPS) is 12.9. The van der Waals surface area contributed by atoms with E-state index in [1.807, 2.05) is 30.2 Å². The fourth-order valence-corrected chi connectivity index (χ4v) is 2.52. The predicted molar refractivity (Wildman–Crippen MR) is 67.8 cm³/mol. The van der Waals surface area contributed by atoms with Gasteiger partial charge in [0.15, 0.2) is 0 Å². The van der Waals surface area contributed by atoms with Crippen molar-refractivity contribution in [2.24, 2.45) is 7.05 Å². The van der Waals surface area contributed by atoms with Crippen molar-refractivity contribution in [1.82, 2.24) is 15.1 Å². The van der Waals surface area contributed by atoms with Crippen LogP contribution in [-0.2, 0) is 13.6 Å². The lowest BCUT2D eigenvalue weighted by Gasteiger charge is -2.10. The summed E-state index contributed by atoms with van der Waals surface area (Å²) in [4.78, 5) is 1.25. The Kier molecular flexibility index (Phi) is 3.63. The van der Waals surface area contributed by atoms with E-state index in [0.717, 1.165) is 10.9 Å². The topological polar surface area (TPSA) is 29.9 Å². The van der Waals surface area contributed by atoms with Gasteiger partial charge in [0, 0.05) is 36.3 Å². The Morgan fingerprint density at radius 2 is 2.38 bits per heavy atom. The third-order valence-electron chi connectivity index (χ3n) is 2.44. The van der Waals surface area contributed by atoms with Crippen LogP contribution in [0.1, 0.15) is 23.4 Å². The second-order valence-electron chi connectivity index (χ2n) is 3.76. The zero-order chi connectivity index (χ0) is 11.5. The number of hydrogen-bond acceptors (Lipinski definition) is 3. The van der Waals surface area contributed by atoms with Crippen molar-refractivity contribution in [2.75, 3.05) is 0 Å². The number of rotatable bonds is 4. The SMILES string of the molecule is CC(NCc1ccc(Cl)s1)c1cnn(C)c1. The summed E-state index contributed by atoms with van der Waals surface area (Å²) in [5, 5.41) is 7.60. The molecule has 0 aliphatic carbocycles. The van der Waals surface area contributed by atoms with Crippen LogP contribution in [0.2, 0.25) is 4.34 Å². The molecule has 1 atom stereocenters. The second kappa shape index (κ2) is 4.99. The van der Waals surface area contributed by atoms with Crippen molar-refractivity contribution in [1.29, 1.82) is 0 Å². The molecule has 0 aliphatic rings. The lowest BCUT2D eigenvalue weighted by atomic mass is 10.2. The predicted octanol–water partition coefficient (Wildman–Crippen LogP) is 2.99. The van der Waals surface area contributed by atoms with Gasteiger partial charge in [-0.15, -0.1) is 11.3 Å². The van der Waals surface area contributed by atoms with E-state index < -0.39 is 0 Å². The van der Waals surface area contributed by atoms with Gasteiger partial charge < -0.3 is 5.32 Å². The summed E-state index contributed by atoms with van der Waals surface area (Å²) in [5.74, 6) is 0. The summed E-state index contributed by atoms with van der Waals surface area (Å²) in [6.07, 6.45) is 3.91. The summed E-state index contributed by atoms with van der Waals surface area (Å²) in [5.41, 5.74) is 1.20. The van der Waals surface area contributed by atoms with Crippen LogP contribution in [0.15, 0.2) is 24.5 Å². The summed E-state index contributed by atoms with van der Waals surface area (Å²) < 4.78 is 2.65. The Balaban J connectivity index is 1.91. The first kappa shape index (κ1) is 11.6. The van der Waals surface area contributed by atoms with Gasteiger partial charge >= 0.3 is 0 Å². The van der Waals surface area contributed by atoms with Crippen molar-refractivity contribution in [2.45, 2.75) is 19.5 Å². The average molecular weight is 256 g/mol. The van der Waals surface area contributed by atoms with Gasteiger partial charge in [-0.1, -0.05) is 11.6 Å². The zero-order valence-electron chi connectivity index (χ0n) is 9.27. The highest BCUT2D eigenvalue weighted by atomic mass is 35.5. The van der Waals surface area contributed by atoms with E-state index in [-0.39, 0.29) is 0 Å². The number of aromatic nitrogens is 2. The monoisotopic (exact) mass is 255 g/mol. The molecule has 5 heteroatoms. The van der Waals surface area contributed by atoms with E-state index in [9.17, 15) is 0 Å². The minimum atomic E-state index is 0.301. The molecule has 0 saturated carbocycles. The van der Waals surface area contributed by atoms with Crippen LogP contribution in [-0.4, -0.2) is 9.78 Å². The molecular formula is C11H14ClN3S. The molecule has 2 aromatic heterocycles. The molecule has 0 bridgehead atoms. The molecule has 0 fully saturated rings. The maximum Gasteiger partial charge on any atom is 0.0931 e. The highest BCUT2D eigenvalue weighted by molar-refractivity contribution is 7.16. The number of aryl methyl sites for hydroxylation is 1. The Labute approximate surface area is 104 Å². The molecule has 0 spiro atoms. The Morgan fingerprint density at radius 1 is 1.56 bits per heavy atom. The summed E-state index contributed by atoms with van der Waals surface area (Å²) in [6, 6.07) is 4.28. The smallest absolute Gasteiger partial charge is 0.0931 e. The molecule has 0 amide bonds. The molecule has 86 valence electrons. The van der Waals surface area contributed by atoms with Crippen LogP contribution in [0.5, 0.6) is 0 Å². The number of nitrogens with one attached hydrogen (secondary N) is 1. The molecule has 2 heterocycles. The van der Waals surface area contributed by atoms with Crippen molar-refractivity contribution in [3.05, 3.63) is 39.3 Å². The van der Waals surface area contributed by atoms with E-state index in [0.29, 0.717) is 6.04 Å². The van der Waals surface area contributed by atoms with E-state index in [2.05, 4.69) is 23.4 Å². The summed E-state index contributed by atoms with van der Waals surface area (Å²) >= 11 is 7.49. The fourth-order valence-electron chi connectivity index (χ4n) is 1.48. The zero-order valence-corrected chi connectivity index (χ0v) is 10.8. The lowest BCUT2D eigenvalue weighted by Crippen LogP contribution is -2.16. The summed E-state index contributed by atoms with van der Waals surface area (Å²) in [7, 11) is 1.93. The highest BCUT2D eigenvalue weighted by Gasteiger charge is 2.07. The number of hydrogen-bond donors (Lipinski definition) is 1. The van der Waals surface area contributed by atoms with Crippen LogP contribution in [0.25, 0.3) is 0 Å². The van der Waals surface area contributed by atoms with Gasteiger partial charge in [0.05, 0.1) is 10.5 Å². The third-order valence-corrected chi connectivity index (χ3v) is 3.67. The van der Waals surface area contributed by atoms with Gasteiger partial charge in [-0.25, -0.2) is 0 Å². The third kappa shape index (κ3) is 2.84. The lowest BCUT2D eigenvalue weighted by molar-refractivity contribution is 0.578. The number of thiophene rings is 1.